The second-order valence-electron chi connectivity index (χ2n) is 6.94. The van der Waals surface area contributed by atoms with Gasteiger partial charge >= 0.3 is 0 Å². The van der Waals surface area contributed by atoms with Gasteiger partial charge in [0.1, 0.15) is 11.7 Å². The van der Waals surface area contributed by atoms with Crippen LogP contribution in [-0.2, 0) is 11.2 Å². The van der Waals surface area contributed by atoms with E-state index >= 15 is 0 Å². The van der Waals surface area contributed by atoms with E-state index in [1.54, 1.807) is 18.3 Å². The lowest BCUT2D eigenvalue weighted by atomic mass is 10.0. The third-order valence-corrected chi connectivity index (χ3v) is 4.91. The largest absolute Gasteiger partial charge is 0.384 e. The van der Waals surface area contributed by atoms with Crippen LogP contribution < -0.4 is 10.6 Å². The molecule has 0 radical (unpaired) electrons. The maximum atomic E-state index is 14.1. The molecule has 0 bridgehead atoms. The smallest absolute Gasteiger partial charge is 0.237 e. The van der Waals surface area contributed by atoms with Crippen LogP contribution >= 0.6 is 0 Å². The number of carbonyl (C=O) groups is 1. The summed E-state index contributed by atoms with van der Waals surface area (Å²) in [6, 6.07) is 16.3. The highest BCUT2D eigenvalue weighted by Gasteiger charge is 2.31. The van der Waals surface area contributed by atoms with E-state index in [-0.39, 0.29) is 5.91 Å². The van der Waals surface area contributed by atoms with Gasteiger partial charge in [0.2, 0.25) is 5.91 Å². The van der Waals surface area contributed by atoms with Crippen LogP contribution in [0.2, 0.25) is 0 Å². The first kappa shape index (κ1) is 18.8. The zero-order valence-corrected chi connectivity index (χ0v) is 16.0. The molecule has 0 aliphatic carbocycles. The fourth-order valence-corrected chi connectivity index (χ4v) is 3.40. The monoisotopic (exact) mass is 388 g/mol. The number of aliphatic imine (C=N–C) groups is 1. The predicted molar refractivity (Wildman–Crippen MR) is 114 cm³/mol. The maximum Gasteiger partial charge on any atom is 0.237 e. The molecule has 1 amide bonds. The van der Waals surface area contributed by atoms with E-state index in [4.69, 9.17) is 0 Å². The van der Waals surface area contributed by atoms with Crippen molar-refractivity contribution in [1.82, 2.24) is 4.98 Å². The van der Waals surface area contributed by atoms with E-state index in [0.29, 0.717) is 11.3 Å². The highest BCUT2D eigenvalue weighted by Crippen LogP contribution is 2.34. The highest BCUT2D eigenvalue weighted by molar-refractivity contribution is 6.12. The fraction of sp³-hybridized carbons (Fsp3) is 0.174. The van der Waals surface area contributed by atoms with E-state index in [9.17, 15) is 9.18 Å². The van der Waals surface area contributed by atoms with E-state index < -0.39 is 11.7 Å². The fourth-order valence-electron chi connectivity index (χ4n) is 3.40. The number of benzene rings is 2. The van der Waals surface area contributed by atoms with Crippen molar-refractivity contribution in [2.75, 3.05) is 17.2 Å². The summed E-state index contributed by atoms with van der Waals surface area (Å²) in [6.07, 6.45) is 4.14. The van der Waals surface area contributed by atoms with Crippen LogP contribution in [0, 0.1) is 12.7 Å². The lowest BCUT2D eigenvalue weighted by Gasteiger charge is -2.10. The van der Waals surface area contributed by atoms with Gasteiger partial charge in [-0.15, -0.1) is 0 Å². The van der Waals surface area contributed by atoms with Crippen LogP contribution in [0.25, 0.3) is 0 Å². The summed E-state index contributed by atoms with van der Waals surface area (Å²) >= 11 is 0. The van der Waals surface area contributed by atoms with Gasteiger partial charge < -0.3 is 10.6 Å². The minimum absolute atomic E-state index is 0.265. The molecule has 4 rings (SSSR count). The Morgan fingerprint density at radius 3 is 2.90 bits per heavy atom. The average molecular weight is 388 g/mol. The van der Waals surface area contributed by atoms with Crippen LogP contribution in [0.3, 0.4) is 0 Å². The third-order valence-electron chi connectivity index (χ3n) is 4.91. The number of halogens is 1. The Morgan fingerprint density at radius 1 is 1.21 bits per heavy atom. The molecule has 1 aliphatic rings. The zero-order chi connectivity index (χ0) is 20.2. The molecular formula is C23H21FN4O. The van der Waals surface area contributed by atoms with Gasteiger partial charge in [-0.2, -0.15) is 0 Å². The number of pyridine rings is 1. The SMILES string of the molecule is Cc1cc(N=CC2C(=O)Nc3cccc(F)c32)ccc1NCCc1ccccn1. The molecule has 0 fully saturated rings. The summed E-state index contributed by atoms with van der Waals surface area (Å²) in [7, 11) is 0. The van der Waals surface area contributed by atoms with Gasteiger partial charge in [0.05, 0.1) is 5.69 Å². The van der Waals surface area contributed by atoms with Crippen molar-refractivity contribution in [1.29, 1.82) is 0 Å². The number of hydrogen-bond donors (Lipinski definition) is 2. The minimum atomic E-state index is -0.720. The van der Waals surface area contributed by atoms with Crippen molar-refractivity contribution in [3.05, 3.63) is 83.4 Å². The molecule has 1 aromatic heterocycles. The van der Waals surface area contributed by atoms with E-state index in [1.165, 1.54) is 12.3 Å². The van der Waals surface area contributed by atoms with Crippen LogP contribution in [0.1, 0.15) is 22.7 Å². The van der Waals surface area contributed by atoms with Crippen molar-refractivity contribution in [3.63, 3.8) is 0 Å². The quantitative estimate of drug-likeness (QED) is 0.606. The van der Waals surface area contributed by atoms with Crippen LogP contribution in [-0.4, -0.2) is 23.7 Å². The molecule has 3 aromatic rings. The Kier molecular flexibility index (Phi) is 5.33. The molecule has 29 heavy (non-hydrogen) atoms. The number of anilines is 2. The van der Waals surface area contributed by atoms with Crippen LogP contribution in [0.5, 0.6) is 0 Å². The molecule has 2 aromatic carbocycles. The Hall–Kier alpha value is -3.54. The van der Waals surface area contributed by atoms with Crippen molar-refractivity contribution in [3.8, 4) is 0 Å². The molecule has 0 spiro atoms. The van der Waals surface area contributed by atoms with Gasteiger partial charge in [0, 0.05) is 48.0 Å². The molecule has 2 N–H and O–H groups in total. The van der Waals surface area contributed by atoms with Crippen molar-refractivity contribution < 1.29 is 9.18 Å². The summed E-state index contributed by atoms with van der Waals surface area (Å²) in [5.74, 6) is -1.39. The molecule has 2 heterocycles. The summed E-state index contributed by atoms with van der Waals surface area (Å²) in [6.45, 7) is 2.78. The summed E-state index contributed by atoms with van der Waals surface area (Å²) in [5, 5.41) is 6.10. The van der Waals surface area contributed by atoms with E-state index in [2.05, 4.69) is 20.6 Å². The lowest BCUT2D eigenvalue weighted by molar-refractivity contribution is -0.115. The Bertz CT molecular complexity index is 1070. The Labute approximate surface area is 168 Å². The zero-order valence-electron chi connectivity index (χ0n) is 16.0. The first-order valence-corrected chi connectivity index (χ1v) is 9.50. The summed E-state index contributed by atoms with van der Waals surface area (Å²) < 4.78 is 14.1. The standard InChI is InChI=1S/C23H21FN4O/c1-15-13-17(8-9-20(15)26-12-10-16-5-2-3-11-25-16)27-14-18-22-19(24)6-4-7-21(22)28-23(18)29/h2-9,11,13-14,18,26H,10,12H2,1H3,(H,28,29). The number of aromatic nitrogens is 1. The molecule has 0 saturated heterocycles. The first-order valence-electron chi connectivity index (χ1n) is 9.50. The van der Waals surface area contributed by atoms with Crippen molar-refractivity contribution in [2.24, 2.45) is 4.99 Å². The molecule has 6 heteroatoms. The maximum absolute atomic E-state index is 14.1. The molecule has 1 atom stereocenters. The number of fused-ring (bicyclic) bond motifs is 1. The van der Waals surface area contributed by atoms with E-state index in [1.807, 2.05) is 43.3 Å². The third kappa shape index (κ3) is 4.16. The number of nitrogens with zero attached hydrogens (tertiary/aromatic N) is 2. The molecule has 5 nitrogen and oxygen atoms in total. The van der Waals surface area contributed by atoms with Gasteiger partial charge in [0.25, 0.3) is 0 Å². The van der Waals surface area contributed by atoms with Crippen LogP contribution in [0.15, 0.2) is 65.8 Å². The minimum Gasteiger partial charge on any atom is -0.384 e. The summed E-state index contributed by atoms with van der Waals surface area (Å²) in [5.41, 5.74) is 4.69. The topological polar surface area (TPSA) is 66.4 Å². The Balaban J connectivity index is 1.43. The number of hydrogen-bond acceptors (Lipinski definition) is 4. The second-order valence-corrected chi connectivity index (χ2v) is 6.94. The van der Waals surface area contributed by atoms with E-state index in [0.717, 1.165) is 35.6 Å². The summed E-state index contributed by atoms with van der Waals surface area (Å²) in [4.78, 5) is 20.9. The average Bonchev–Trinajstić information content (AvgIpc) is 3.05. The van der Waals surface area contributed by atoms with Gasteiger partial charge in [-0.1, -0.05) is 12.1 Å². The molecule has 146 valence electrons. The Morgan fingerprint density at radius 2 is 2.10 bits per heavy atom. The molecule has 1 unspecified atom stereocenters. The highest BCUT2D eigenvalue weighted by atomic mass is 19.1. The molecule has 0 saturated carbocycles. The molecular weight excluding hydrogens is 367 g/mol. The number of carbonyl (C=O) groups excluding carboxylic acids is 1. The second kappa shape index (κ2) is 8.22. The predicted octanol–water partition coefficient (Wildman–Crippen LogP) is 4.62. The van der Waals surface area contributed by atoms with Gasteiger partial charge in [-0.05, 0) is 55.0 Å². The van der Waals surface area contributed by atoms with Gasteiger partial charge in [-0.25, -0.2) is 4.39 Å². The molecule has 1 aliphatic heterocycles. The van der Waals surface area contributed by atoms with Crippen LogP contribution in [0.4, 0.5) is 21.5 Å². The van der Waals surface area contributed by atoms with Gasteiger partial charge in [-0.3, -0.25) is 14.8 Å². The normalized spacial score (nSPS) is 15.4. The first-order chi connectivity index (χ1) is 14.1. The van der Waals surface area contributed by atoms with Gasteiger partial charge in [0.15, 0.2) is 0 Å². The number of nitrogens with one attached hydrogen (secondary N) is 2. The van der Waals surface area contributed by atoms with Crippen molar-refractivity contribution >= 4 is 29.2 Å². The number of rotatable bonds is 6. The van der Waals surface area contributed by atoms with Crippen molar-refractivity contribution in [2.45, 2.75) is 19.3 Å². The number of amides is 1. The lowest BCUT2D eigenvalue weighted by Crippen LogP contribution is -2.13. The number of aryl methyl sites for hydroxylation is 1.